The van der Waals surface area contributed by atoms with E-state index in [1.807, 2.05) is 17.6 Å². The van der Waals surface area contributed by atoms with Gasteiger partial charge in [-0.15, -0.1) is 0 Å². The minimum atomic E-state index is -0.520. The molecule has 3 aromatic heterocycles. The summed E-state index contributed by atoms with van der Waals surface area (Å²) in [5.74, 6) is 1.86. The third-order valence-electron chi connectivity index (χ3n) is 4.58. The van der Waals surface area contributed by atoms with Crippen molar-refractivity contribution in [3.05, 3.63) is 42.4 Å². The molecular formula is C16H20N6O. The summed E-state index contributed by atoms with van der Waals surface area (Å²) in [6.07, 6.45) is 8.40. The number of nitrogens with zero attached hydrogens (tertiary/aromatic N) is 5. The molecule has 1 saturated heterocycles. The average Bonchev–Trinajstić information content (AvgIpc) is 3.22. The van der Waals surface area contributed by atoms with Gasteiger partial charge in [0.1, 0.15) is 17.4 Å². The van der Waals surface area contributed by atoms with E-state index < -0.39 is 6.10 Å². The maximum Gasteiger partial charge on any atom is 0.154 e. The van der Waals surface area contributed by atoms with E-state index in [0.717, 1.165) is 43.0 Å². The van der Waals surface area contributed by atoms with E-state index in [0.29, 0.717) is 5.82 Å². The van der Waals surface area contributed by atoms with Gasteiger partial charge in [-0.3, -0.25) is 0 Å². The second-order valence-electron chi connectivity index (χ2n) is 6.11. The number of aromatic amines is 1. The number of aromatic nitrogens is 5. The lowest BCUT2D eigenvalue weighted by Gasteiger charge is -2.34. The van der Waals surface area contributed by atoms with E-state index in [1.165, 1.54) is 0 Å². The second kappa shape index (κ2) is 5.66. The number of nitrogens with one attached hydrogen (secondary N) is 1. The van der Waals surface area contributed by atoms with Gasteiger partial charge in [-0.1, -0.05) is 0 Å². The summed E-state index contributed by atoms with van der Waals surface area (Å²) in [6, 6.07) is 2.06. The van der Waals surface area contributed by atoms with Crippen molar-refractivity contribution in [3.63, 3.8) is 0 Å². The largest absolute Gasteiger partial charge is 0.385 e. The van der Waals surface area contributed by atoms with Gasteiger partial charge < -0.3 is 15.0 Å². The molecule has 3 aromatic rings. The molecule has 1 aliphatic rings. The van der Waals surface area contributed by atoms with Gasteiger partial charge in [0.05, 0.1) is 5.69 Å². The van der Waals surface area contributed by atoms with Gasteiger partial charge in [0.25, 0.3) is 0 Å². The zero-order valence-corrected chi connectivity index (χ0v) is 13.1. The number of anilines is 1. The first-order valence-corrected chi connectivity index (χ1v) is 7.95. The summed E-state index contributed by atoms with van der Waals surface area (Å²) in [7, 11) is 0. The Labute approximate surface area is 134 Å². The van der Waals surface area contributed by atoms with Crippen molar-refractivity contribution in [1.29, 1.82) is 0 Å². The van der Waals surface area contributed by atoms with Gasteiger partial charge in [0.15, 0.2) is 5.82 Å². The van der Waals surface area contributed by atoms with Crippen molar-refractivity contribution in [2.75, 3.05) is 18.0 Å². The van der Waals surface area contributed by atoms with Crippen LogP contribution >= 0.6 is 0 Å². The summed E-state index contributed by atoms with van der Waals surface area (Å²) in [5, 5.41) is 14.9. The van der Waals surface area contributed by atoms with Crippen LogP contribution in [0.25, 0.3) is 5.52 Å². The van der Waals surface area contributed by atoms with Crippen LogP contribution in [0.3, 0.4) is 0 Å². The monoisotopic (exact) mass is 312 g/mol. The molecule has 0 radical (unpaired) electrons. The molecule has 0 saturated carbocycles. The Morgan fingerprint density at radius 1 is 1.26 bits per heavy atom. The van der Waals surface area contributed by atoms with Crippen LogP contribution in [0, 0.1) is 12.8 Å². The van der Waals surface area contributed by atoms with Gasteiger partial charge >= 0.3 is 0 Å². The Bertz CT molecular complexity index is 788. The molecule has 120 valence electrons. The summed E-state index contributed by atoms with van der Waals surface area (Å²) in [6.45, 7) is 3.74. The van der Waals surface area contributed by atoms with E-state index >= 15 is 0 Å². The highest BCUT2D eigenvalue weighted by atomic mass is 16.3. The molecule has 7 heteroatoms. The molecule has 0 aliphatic carbocycles. The van der Waals surface area contributed by atoms with E-state index in [-0.39, 0.29) is 5.92 Å². The summed E-state index contributed by atoms with van der Waals surface area (Å²) in [4.78, 5) is 14.0. The lowest BCUT2D eigenvalue weighted by Crippen LogP contribution is -2.36. The zero-order valence-electron chi connectivity index (χ0n) is 13.1. The molecule has 2 N–H and O–H groups in total. The first-order valence-electron chi connectivity index (χ1n) is 7.95. The quantitative estimate of drug-likeness (QED) is 0.769. The van der Waals surface area contributed by atoms with E-state index in [2.05, 4.69) is 31.0 Å². The van der Waals surface area contributed by atoms with Crippen LogP contribution in [0.1, 0.15) is 30.5 Å². The molecule has 7 nitrogen and oxygen atoms in total. The topological polar surface area (TPSA) is 82.3 Å². The number of piperidine rings is 1. The molecule has 1 unspecified atom stereocenters. The van der Waals surface area contributed by atoms with Crippen LogP contribution in [0.2, 0.25) is 0 Å². The smallest absolute Gasteiger partial charge is 0.154 e. The minimum absolute atomic E-state index is 0.226. The molecular weight excluding hydrogens is 292 g/mol. The molecule has 1 aliphatic heterocycles. The van der Waals surface area contributed by atoms with Crippen LogP contribution in [-0.4, -0.2) is 42.8 Å². The lowest BCUT2D eigenvalue weighted by atomic mass is 9.91. The molecule has 0 spiro atoms. The maximum atomic E-state index is 10.4. The Morgan fingerprint density at radius 3 is 2.83 bits per heavy atom. The van der Waals surface area contributed by atoms with Crippen LogP contribution in [0.4, 0.5) is 5.82 Å². The van der Waals surface area contributed by atoms with Gasteiger partial charge in [0.2, 0.25) is 0 Å². The van der Waals surface area contributed by atoms with Gasteiger partial charge in [0, 0.05) is 37.9 Å². The molecule has 23 heavy (non-hydrogen) atoms. The standard InChI is InChI=1S/C16H20N6O/c1-11-10-13-16(19-6-9-22(13)20-11)21-7-2-12(3-8-21)14(23)15-17-4-5-18-15/h4-6,9-10,12,14,23H,2-3,7-8H2,1H3,(H,17,18). The summed E-state index contributed by atoms with van der Waals surface area (Å²) in [5.41, 5.74) is 2.03. The molecule has 1 atom stereocenters. The lowest BCUT2D eigenvalue weighted by molar-refractivity contribution is 0.0856. The van der Waals surface area contributed by atoms with E-state index in [4.69, 9.17) is 0 Å². The van der Waals surface area contributed by atoms with Crippen molar-refractivity contribution in [2.45, 2.75) is 25.9 Å². The average molecular weight is 312 g/mol. The van der Waals surface area contributed by atoms with E-state index in [9.17, 15) is 5.11 Å². The molecule has 0 aromatic carbocycles. The number of hydrogen-bond donors (Lipinski definition) is 2. The second-order valence-corrected chi connectivity index (χ2v) is 6.11. The number of H-pyrrole nitrogens is 1. The zero-order chi connectivity index (χ0) is 15.8. The fraction of sp³-hybridized carbons (Fsp3) is 0.438. The van der Waals surface area contributed by atoms with Crippen molar-refractivity contribution in [2.24, 2.45) is 5.92 Å². The van der Waals surface area contributed by atoms with E-state index in [1.54, 1.807) is 18.6 Å². The fourth-order valence-corrected chi connectivity index (χ4v) is 3.36. The normalized spacial score (nSPS) is 17.7. The molecule has 0 bridgehead atoms. The van der Waals surface area contributed by atoms with Gasteiger partial charge in [-0.05, 0) is 31.7 Å². The van der Waals surface area contributed by atoms with Gasteiger partial charge in [-0.25, -0.2) is 14.5 Å². The molecule has 0 amide bonds. The number of aliphatic hydroxyl groups excluding tert-OH is 1. The van der Waals surface area contributed by atoms with Crippen molar-refractivity contribution in [3.8, 4) is 0 Å². The van der Waals surface area contributed by atoms with Crippen molar-refractivity contribution >= 4 is 11.3 Å². The number of aliphatic hydroxyl groups is 1. The van der Waals surface area contributed by atoms with Crippen LogP contribution in [0.5, 0.6) is 0 Å². The summed E-state index contributed by atoms with van der Waals surface area (Å²) >= 11 is 0. The number of imidazole rings is 1. The molecule has 1 fully saturated rings. The Morgan fingerprint density at radius 2 is 2.09 bits per heavy atom. The Balaban J connectivity index is 1.51. The maximum absolute atomic E-state index is 10.4. The highest BCUT2D eigenvalue weighted by molar-refractivity contribution is 5.69. The number of aryl methyl sites for hydroxylation is 1. The van der Waals surface area contributed by atoms with Crippen LogP contribution < -0.4 is 4.90 Å². The molecule has 4 heterocycles. The minimum Gasteiger partial charge on any atom is -0.385 e. The Hall–Kier alpha value is -2.41. The third kappa shape index (κ3) is 2.57. The predicted molar refractivity (Wildman–Crippen MR) is 86.2 cm³/mol. The first-order chi connectivity index (χ1) is 11.2. The third-order valence-corrected chi connectivity index (χ3v) is 4.58. The van der Waals surface area contributed by atoms with Crippen molar-refractivity contribution in [1.82, 2.24) is 24.6 Å². The van der Waals surface area contributed by atoms with Crippen LogP contribution in [0.15, 0.2) is 30.9 Å². The Kier molecular flexibility index (Phi) is 3.49. The summed E-state index contributed by atoms with van der Waals surface area (Å²) < 4.78 is 1.88. The number of hydrogen-bond acceptors (Lipinski definition) is 5. The fourth-order valence-electron chi connectivity index (χ4n) is 3.36. The van der Waals surface area contributed by atoms with Crippen LogP contribution in [-0.2, 0) is 0 Å². The number of fused-ring (bicyclic) bond motifs is 1. The highest BCUT2D eigenvalue weighted by Crippen LogP contribution is 2.31. The van der Waals surface area contributed by atoms with Gasteiger partial charge in [-0.2, -0.15) is 5.10 Å². The predicted octanol–water partition coefficient (Wildman–Crippen LogP) is 1.71. The first kappa shape index (κ1) is 14.2. The molecule has 4 rings (SSSR count). The SMILES string of the molecule is Cc1cc2c(N3CCC(C(O)c4ncc[nH]4)CC3)nccn2n1. The highest BCUT2D eigenvalue weighted by Gasteiger charge is 2.28. The van der Waals surface area contributed by atoms with Crippen molar-refractivity contribution < 1.29 is 5.11 Å². The number of rotatable bonds is 3.